The highest BCUT2D eigenvalue weighted by molar-refractivity contribution is 6.21. The summed E-state index contributed by atoms with van der Waals surface area (Å²) in [7, 11) is 1.42. The zero-order valence-corrected chi connectivity index (χ0v) is 14.4. The summed E-state index contributed by atoms with van der Waals surface area (Å²) in [6.45, 7) is 4.39. The van der Waals surface area contributed by atoms with E-state index in [-0.39, 0.29) is 23.6 Å². The van der Waals surface area contributed by atoms with E-state index in [0.717, 1.165) is 10.5 Å². The minimum absolute atomic E-state index is 0.154. The molecule has 5 heteroatoms. The Balaban J connectivity index is 1.70. The Morgan fingerprint density at radius 2 is 1.64 bits per heavy atom. The Bertz CT molecular complexity index is 852. The first-order chi connectivity index (χ1) is 11.9. The Hall–Kier alpha value is -2.95. The number of ether oxygens (including phenoxy) is 1. The van der Waals surface area contributed by atoms with Crippen LogP contribution < -0.4 is 0 Å². The largest absolute Gasteiger partial charge is 0.457 e. The van der Waals surface area contributed by atoms with E-state index in [9.17, 15) is 14.4 Å². The lowest BCUT2D eigenvalue weighted by atomic mass is 10.0. The van der Waals surface area contributed by atoms with Gasteiger partial charge < -0.3 is 4.74 Å². The van der Waals surface area contributed by atoms with Crippen molar-refractivity contribution in [3.05, 3.63) is 70.3 Å². The van der Waals surface area contributed by atoms with Gasteiger partial charge in [-0.1, -0.05) is 38.1 Å². The van der Waals surface area contributed by atoms with Crippen LogP contribution >= 0.6 is 0 Å². The number of imide groups is 1. The maximum atomic E-state index is 12.2. The predicted octanol–water partition coefficient (Wildman–Crippen LogP) is 3.39. The topological polar surface area (TPSA) is 63.7 Å². The predicted molar refractivity (Wildman–Crippen MR) is 92.5 cm³/mol. The number of esters is 1. The Morgan fingerprint density at radius 1 is 1.00 bits per heavy atom. The van der Waals surface area contributed by atoms with Gasteiger partial charge in [0.2, 0.25) is 0 Å². The molecule has 1 aliphatic heterocycles. The van der Waals surface area contributed by atoms with Crippen molar-refractivity contribution in [1.82, 2.24) is 4.90 Å². The van der Waals surface area contributed by atoms with Gasteiger partial charge in [-0.15, -0.1) is 0 Å². The van der Waals surface area contributed by atoms with Gasteiger partial charge in [0.15, 0.2) is 0 Å². The quantitative estimate of drug-likeness (QED) is 0.634. The highest BCUT2D eigenvalue weighted by atomic mass is 16.5. The molecule has 0 N–H and O–H groups in total. The van der Waals surface area contributed by atoms with Gasteiger partial charge in [-0.05, 0) is 35.2 Å². The molecule has 1 heterocycles. The molecule has 0 aliphatic carbocycles. The minimum atomic E-state index is -0.523. The molecule has 0 fully saturated rings. The van der Waals surface area contributed by atoms with E-state index >= 15 is 0 Å². The second-order valence-corrected chi connectivity index (χ2v) is 6.40. The third-order valence-electron chi connectivity index (χ3n) is 4.34. The van der Waals surface area contributed by atoms with Crippen LogP contribution in [0.1, 0.15) is 62.0 Å². The van der Waals surface area contributed by atoms with Gasteiger partial charge in [0.25, 0.3) is 11.8 Å². The summed E-state index contributed by atoms with van der Waals surface area (Å²) in [6, 6.07) is 12.3. The number of amides is 2. The maximum absolute atomic E-state index is 12.2. The Labute approximate surface area is 146 Å². The SMILES string of the molecule is CC(C)c1ccc(COC(=O)c2ccc3c(c2)C(=O)N(C)C3=O)cc1. The van der Waals surface area contributed by atoms with E-state index in [0.29, 0.717) is 11.5 Å². The van der Waals surface area contributed by atoms with Gasteiger partial charge in [0.1, 0.15) is 6.61 Å². The van der Waals surface area contributed by atoms with Gasteiger partial charge in [-0.3, -0.25) is 14.5 Å². The van der Waals surface area contributed by atoms with Gasteiger partial charge in [0, 0.05) is 7.05 Å². The Kier molecular flexibility index (Phi) is 4.40. The molecule has 3 rings (SSSR count). The summed E-state index contributed by atoms with van der Waals surface area (Å²) in [5.74, 6) is -0.837. The molecule has 0 saturated heterocycles. The molecule has 0 saturated carbocycles. The van der Waals surface area contributed by atoms with Crippen LogP contribution in [0.25, 0.3) is 0 Å². The van der Waals surface area contributed by atoms with Crippen molar-refractivity contribution in [3.63, 3.8) is 0 Å². The van der Waals surface area contributed by atoms with Crippen LogP contribution in [0.3, 0.4) is 0 Å². The molecule has 128 valence electrons. The lowest BCUT2D eigenvalue weighted by Crippen LogP contribution is -2.24. The number of rotatable bonds is 4. The van der Waals surface area contributed by atoms with Crippen LogP contribution in [0.4, 0.5) is 0 Å². The zero-order valence-electron chi connectivity index (χ0n) is 14.4. The van der Waals surface area contributed by atoms with E-state index in [2.05, 4.69) is 13.8 Å². The van der Waals surface area contributed by atoms with Crippen molar-refractivity contribution in [2.45, 2.75) is 26.4 Å². The first-order valence-corrected chi connectivity index (χ1v) is 8.11. The molecule has 0 bridgehead atoms. The second kappa shape index (κ2) is 6.51. The Morgan fingerprint density at radius 3 is 2.28 bits per heavy atom. The highest BCUT2D eigenvalue weighted by Crippen LogP contribution is 2.23. The third kappa shape index (κ3) is 3.18. The molecular weight excluding hydrogens is 318 g/mol. The van der Waals surface area contributed by atoms with Crippen molar-refractivity contribution < 1.29 is 19.1 Å². The first-order valence-electron chi connectivity index (χ1n) is 8.11. The number of fused-ring (bicyclic) bond motifs is 1. The standard InChI is InChI=1S/C20H19NO4/c1-12(2)14-6-4-13(5-7-14)11-25-20(24)15-8-9-16-17(10-15)19(23)21(3)18(16)22/h4-10,12H,11H2,1-3H3. The lowest BCUT2D eigenvalue weighted by molar-refractivity contribution is 0.0472. The zero-order chi connectivity index (χ0) is 18.1. The van der Waals surface area contributed by atoms with Crippen LogP contribution in [0, 0.1) is 0 Å². The molecule has 2 aromatic carbocycles. The number of benzene rings is 2. The highest BCUT2D eigenvalue weighted by Gasteiger charge is 2.33. The van der Waals surface area contributed by atoms with Crippen molar-refractivity contribution in [2.24, 2.45) is 0 Å². The lowest BCUT2D eigenvalue weighted by Gasteiger charge is -2.08. The van der Waals surface area contributed by atoms with E-state index in [4.69, 9.17) is 4.74 Å². The molecule has 2 amide bonds. The molecular formula is C20H19NO4. The van der Waals surface area contributed by atoms with Crippen LogP contribution in [0.15, 0.2) is 42.5 Å². The molecule has 0 radical (unpaired) electrons. The van der Waals surface area contributed by atoms with Gasteiger partial charge >= 0.3 is 5.97 Å². The third-order valence-corrected chi connectivity index (χ3v) is 4.34. The summed E-state index contributed by atoms with van der Waals surface area (Å²) < 4.78 is 5.31. The van der Waals surface area contributed by atoms with E-state index < -0.39 is 11.9 Å². The summed E-state index contributed by atoms with van der Waals surface area (Å²) in [5.41, 5.74) is 2.93. The molecule has 1 aliphatic rings. The summed E-state index contributed by atoms with van der Waals surface area (Å²) in [5, 5.41) is 0. The van der Waals surface area contributed by atoms with E-state index in [1.54, 1.807) is 0 Å². The van der Waals surface area contributed by atoms with E-state index in [1.807, 2.05) is 24.3 Å². The molecule has 0 spiro atoms. The molecule has 2 aromatic rings. The van der Waals surface area contributed by atoms with Gasteiger partial charge in [-0.25, -0.2) is 4.79 Å². The number of nitrogens with zero attached hydrogens (tertiary/aromatic N) is 1. The van der Waals surface area contributed by atoms with Crippen LogP contribution in [0.5, 0.6) is 0 Å². The van der Waals surface area contributed by atoms with E-state index in [1.165, 1.54) is 30.8 Å². The van der Waals surface area contributed by atoms with Crippen LogP contribution in [-0.4, -0.2) is 29.7 Å². The van der Waals surface area contributed by atoms with Crippen molar-refractivity contribution in [2.75, 3.05) is 7.05 Å². The second-order valence-electron chi connectivity index (χ2n) is 6.40. The summed E-state index contributed by atoms with van der Waals surface area (Å²) in [6.07, 6.45) is 0. The molecule has 0 aromatic heterocycles. The molecule has 0 unspecified atom stereocenters. The molecule has 5 nitrogen and oxygen atoms in total. The normalized spacial score (nSPS) is 13.4. The average Bonchev–Trinajstić information content (AvgIpc) is 2.84. The van der Waals surface area contributed by atoms with Gasteiger partial charge in [-0.2, -0.15) is 0 Å². The molecule has 0 atom stereocenters. The summed E-state index contributed by atoms with van der Waals surface area (Å²) in [4.78, 5) is 37.1. The fourth-order valence-corrected chi connectivity index (χ4v) is 2.72. The van der Waals surface area contributed by atoms with Gasteiger partial charge in [0.05, 0.1) is 16.7 Å². The van der Waals surface area contributed by atoms with Crippen molar-refractivity contribution >= 4 is 17.8 Å². The van der Waals surface area contributed by atoms with Crippen LogP contribution in [0.2, 0.25) is 0 Å². The summed E-state index contributed by atoms with van der Waals surface area (Å²) >= 11 is 0. The monoisotopic (exact) mass is 337 g/mol. The smallest absolute Gasteiger partial charge is 0.338 e. The fraction of sp³-hybridized carbons (Fsp3) is 0.250. The van der Waals surface area contributed by atoms with Crippen LogP contribution in [-0.2, 0) is 11.3 Å². The minimum Gasteiger partial charge on any atom is -0.457 e. The number of hydrogen-bond donors (Lipinski definition) is 0. The molecule has 25 heavy (non-hydrogen) atoms. The van der Waals surface area contributed by atoms with Crippen molar-refractivity contribution in [1.29, 1.82) is 0 Å². The fourth-order valence-electron chi connectivity index (χ4n) is 2.72. The van der Waals surface area contributed by atoms with Crippen molar-refractivity contribution in [3.8, 4) is 0 Å². The number of carbonyl (C=O) groups excluding carboxylic acids is 3. The number of carbonyl (C=O) groups is 3. The first kappa shape index (κ1) is 16.9. The average molecular weight is 337 g/mol. The number of hydrogen-bond acceptors (Lipinski definition) is 4. The maximum Gasteiger partial charge on any atom is 0.338 e.